The zero-order valence-electron chi connectivity index (χ0n) is 23.3. The van der Waals surface area contributed by atoms with Crippen molar-refractivity contribution in [1.29, 1.82) is 0 Å². The van der Waals surface area contributed by atoms with Gasteiger partial charge in [0.05, 0.1) is 6.08 Å². The van der Waals surface area contributed by atoms with E-state index < -0.39 is 0 Å². The van der Waals surface area contributed by atoms with Gasteiger partial charge < -0.3 is 0 Å². The predicted octanol–water partition coefficient (Wildman–Crippen LogP) is 10.0. The normalized spacial score (nSPS) is 14.8. The van der Waals surface area contributed by atoms with E-state index in [4.69, 9.17) is 0 Å². The Kier molecular flexibility index (Phi) is 5.24. The fourth-order valence-electron chi connectivity index (χ4n) is 6.83. The van der Waals surface area contributed by atoms with Crippen LogP contribution in [0.2, 0.25) is 0 Å². The number of hydrogen-bond donors (Lipinski definition) is 0. The molecule has 1 aliphatic heterocycles. The third kappa shape index (κ3) is 3.59. The lowest BCUT2D eigenvalue weighted by atomic mass is 9.80. The van der Waals surface area contributed by atoms with E-state index in [0.717, 1.165) is 0 Å². The average molecular weight is 525 g/mol. The Morgan fingerprint density at radius 3 is 1.90 bits per heavy atom. The summed E-state index contributed by atoms with van der Waals surface area (Å²) in [6, 6.07) is 50.8. The average Bonchev–Trinajstić information content (AvgIpc) is 3.23. The second kappa shape index (κ2) is 9.01. The van der Waals surface area contributed by atoms with Crippen LogP contribution in [0.1, 0.15) is 36.1 Å². The molecule has 41 heavy (non-hydrogen) atoms. The summed E-state index contributed by atoms with van der Waals surface area (Å²) < 4.78 is 2.39. The molecule has 0 fully saturated rings. The molecule has 0 radical (unpaired) electrons. The van der Waals surface area contributed by atoms with Crippen molar-refractivity contribution in [3.05, 3.63) is 168 Å². The molecule has 0 saturated carbocycles. The van der Waals surface area contributed by atoms with Gasteiger partial charge in [0.1, 0.15) is 0 Å². The minimum Gasteiger partial charge on any atom is -0.152 e. The van der Waals surface area contributed by atoms with Crippen LogP contribution in [0, 0.1) is 0 Å². The minimum atomic E-state index is -0.0444. The van der Waals surface area contributed by atoms with Gasteiger partial charge in [-0.15, -0.1) is 0 Å². The third-order valence-corrected chi connectivity index (χ3v) is 8.90. The van der Waals surface area contributed by atoms with Crippen molar-refractivity contribution in [1.82, 2.24) is 0 Å². The van der Waals surface area contributed by atoms with Gasteiger partial charge in [-0.05, 0) is 86.6 Å². The Bertz CT molecular complexity index is 2030. The van der Waals surface area contributed by atoms with E-state index in [-0.39, 0.29) is 5.41 Å². The lowest BCUT2D eigenvalue weighted by Gasteiger charge is -2.23. The lowest BCUT2D eigenvalue weighted by molar-refractivity contribution is -0.341. The van der Waals surface area contributed by atoms with Crippen molar-refractivity contribution in [3.63, 3.8) is 0 Å². The van der Waals surface area contributed by atoms with Crippen LogP contribution in [-0.4, -0.2) is 10.3 Å². The van der Waals surface area contributed by atoms with Gasteiger partial charge in [0.25, 0.3) is 0 Å². The summed E-state index contributed by atoms with van der Waals surface area (Å²) in [6.07, 6.45) is 2.30. The highest BCUT2D eigenvalue weighted by atomic mass is 15.1. The Balaban J connectivity index is 1.31. The summed E-state index contributed by atoms with van der Waals surface area (Å²) in [5, 5.41) is 2.60. The van der Waals surface area contributed by atoms with E-state index in [0.29, 0.717) is 0 Å². The van der Waals surface area contributed by atoms with Gasteiger partial charge >= 0.3 is 0 Å². The highest BCUT2D eigenvalue weighted by Gasteiger charge is 2.38. The fourth-order valence-corrected chi connectivity index (χ4v) is 6.83. The molecule has 0 bridgehead atoms. The second-order valence-electron chi connectivity index (χ2n) is 11.6. The zero-order valence-corrected chi connectivity index (χ0v) is 23.3. The molecule has 1 aliphatic carbocycles. The zero-order chi connectivity index (χ0) is 27.6. The number of hydrogen-bond acceptors (Lipinski definition) is 0. The van der Waals surface area contributed by atoms with Gasteiger partial charge in [-0.1, -0.05) is 98.8 Å². The van der Waals surface area contributed by atoms with Crippen LogP contribution in [0.4, 0.5) is 5.69 Å². The summed E-state index contributed by atoms with van der Waals surface area (Å²) in [4.78, 5) is 0. The molecule has 6 aromatic rings. The maximum Gasteiger partial charge on any atom is 0.225 e. The van der Waals surface area contributed by atoms with Crippen LogP contribution < -0.4 is 0 Å². The van der Waals surface area contributed by atoms with Gasteiger partial charge in [0.15, 0.2) is 0 Å². The molecule has 0 N–H and O–H groups in total. The van der Waals surface area contributed by atoms with Crippen LogP contribution in [-0.2, 0) is 5.41 Å². The Hall–Kier alpha value is -5.01. The van der Waals surface area contributed by atoms with E-state index in [1.165, 1.54) is 72.4 Å². The van der Waals surface area contributed by atoms with Gasteiger partial charge in [0.2, 0.25) is 17.1 Å². The Morgan fingerprint density at radius 1 is 0.512 bits per heavy atom. The maximum absolute atomic E-state index is 2.42. The highest BCUT2D eigenvalue weighted by Crippen LogP contribution is 2.54. The predicted molar refractivity (Wildman–Crippen MR) is 172 cm³/mol. The van der Waals surface area contributed by atoms with Gasteiger partial charge in [-0.2, -0.15) is 4.58 Å². The fraction of sp³-hybridized carbons (Fsp3) is 0.0750. The molecule has 0 spiro atoms. The summed E-state index contributed by atoms with van der Waals surface area (Å²) in [5.41, 5.74) is 14.2. The van der Waals surface area contributed by atoms with Crippen LogP contribution >= 0.6 is 0 Å². The smallest absolute Gasteiger partial charge is 0.152 e. The molecular formula is C40H30N+. The number of nitrogens with zero attached hydrogens (tertiary/aromatic N) is 1. The van der Waals surface area contributed by atoms with Gasteiger partial charge in [-0.25, -0.2) is 0 Å². The molecule has 0 atom stereocenters. The molecule has 1 heterocycles. The lowest BCUT2D eigenvalue weighted by Crippen LogP contribution is -2.24. The monoisotopic (exact) mass is 524 g/mol. The van der Waals surface area contributed by atoms with Crippen LogP contribution in [0.3, 0.4) is 0 Å². The third-order valence-electron chi connectivity index (χ3n) is 8.90. The molecule has 0 saturated heterocycles. The van der Waals surface area contributed by atoms with E-state index >= 15 is 0 Å². The number of benzene rings is 6. The first kappa shape index (κ1) is 23.8. The van der Waals surface area contributed by atoms with Crippen molar-refractivity contribution in [2.45, 2.75) is 19.3 Å². The van der Waals surface area contributed by atoms with Crippen LogP contribution in [0.25, 0.3) is 38.7 Å². The van der Waals surface area contributed by atoms with E-state index in [1.54, 1.807) is 0 Å². The molecule has 0 unspecified atom stereocenters. The second-order valence-corrected chi connectivity index (χ2v) is 11.6. The van der Waals surface area contributed by atoms with E-state index in [1.807, 2.05) is 0 Å². The topological polar surface area (TPSA) is 3.01 Å². The van der Waals surface area contributed by atoms with Crippen molar-refractivity contribution < 1.29 is 4.58 Å². The van der Waals surface area contributed by atoms with Gasteiger partial charge in [0, 0.05) is 28.7 Å². The summed E-state index contributed by atoms with van der Waals surface area (Å²) >= 11 is 0. The van der Waals surface area contributed by atoms with E-state index in [2.05, 4.69) is 164 Å². The van der Waals surface area contributed by atoms with E-state index in [9.17, 15) is 0 Å². The molecule has 1 heteroatoms. The van der Waals surface area contributed by atoms with Crippen molar-refractivity contribution >= 4 is 27.9 Å². The first-order valence-electron chi connectivity index (χ1n) is 14.4. The molecule has 194 valence electrons. The Labute approximate surface area is 241 Å². The molecule has 2 aliphatic rings. The summed E-state index contributed by atoms with van der Waals surface area (Å²) in [6.45, 7) is 4.73. The standard InChI is InChI=1S/C40H30N/c1-40(2)34-20-12-11-19-33(34)39-35(40)25-30-17-9-10-18-32(30)38(39)29-21-23-31(24-22-29)41-36(27-13-5-3-6-14-27)26-37(41)28-15-7-4-8-16-28/h3-26H,1-2H3/q+1. The number of allylic oxidation sites excluding steroid dienone is 1. The molecule has 6 aromatic carbocycles. The summed E-state index contributed by atoms with van der Waals surface area (Å²) in [5.74, 6) is 0. The van der Waals surface area contributed by atoms with Crippen LogP contribution in [0.5, 0.6) is 0 Å². The molecule has 0 amide bonds. The van der Waals surface area contributed by atoms with Crippen LogP contribution in [0.15, 0.2) is 146 Å². The van der Waals surface area contributed by atoms with Gasteiger partial charge in [-0.3, -0.25) is 0 Å². The highest BCUT2D eigenvalue weighted by molar-refractivity contribution is 6.14. The number of fused-ring (bicyclic) bond motifs is 4. The largest absolute Gasteiger partial charge is 0.225 e. The molecule has 8 rings (SSSR count). The minimum absolute atomic E-state index is 0.0444. The van der Waals surface area contributed by atoms with Crippen molar-refractivity contribution in [2.75, 3.05) is 0 Å². The number of rotatable bonds is 4. The first-order chi connectivity index (χ1) is 20.1. The van der Waals surface area contributed by atoms with Crippen molar-refractivity contribution in [2.24, 2.45) is 0 Å². The first-order valence-corrected chi connectivity index (χ1v) is 14.4. The Morgan fingerprint density at radius 2 is 1.15 bits per heavy atom. The molecular weight excluding hydrogens is 494 g/mol. The quantitative estimate of drug-likeness (QED) is 0.202. The summed E-state index contributed by atoms with van der Waals surface area (Å²) in [7, 11) is 0. The molecule has 0 aromatic heterocycles. The van der Waals surface area contributed by atoms with Crippen molar-refractivity contribution in [3.8, 4) is 22.3 Å². The SMILES string of the molecule is CC1(C)c2ccccc2-c2c1cc1ccccc1c2-c1ccc([N+]2=C(c3ccccc3)C=C2c2ccccc2)cc1. The molecule has 1 nitrogen and oxygen atoms in total. The maximum atomic E-state index is 2.42.